The fourth-order valence-electron chi connectivity index (χ4n) is 3.93. The Morgan fingerprint density at radius 2 is 1.93 bits per heavy atom. The van der Waals surface area contributed by atoms with Gasteiger partial charge < -0.3 is 15.2 Å². The van der Waals surface area contributed by atoms with E-state index < -0.39 is 0 Å². The maximum absolute atomic E-state index is 4.40. The molecule has 154 valence electrons. The molecule has 1 heterocycles. The Morgan fingerprint density at radius 3 is 2.57 bits per heavy atom. The Balaban J connectivity index is 0.00000280. The molecule has 1 aromatic heterocycles. The summed E-state index contributed by atoms with van der Waals surface area (Å²) in [5.41, 5.74) is 1.62. The van der Waals surface area contributed by atoms with Crippen LogP contribution in [0, 0.1) is 0 Å². The molecule has 2 N–H and O–H groups in total. The van der Waals surface area contributed by atoms with Crippen molar-refractivity contribution in [1.82, 2.24) is 25.4 Å². The maximum Gasteiger partial charge on any atom is 0.191 e. The van der Waals surface area contributed by atoms with E-state index in [0.29, 0.717) is 0 Å². The molecule has 6 nitrogen and oxygen atoms in total. The van der Waals surface area contributed by atoms with E-state index in [1.807, 2.05) is 7.05 Å². The number of benzene rings is 1. The van der Waals surface area contributed by atoms with Gasteiger partial charge in [-0.25, -0.2) is 0 Å². The minimum atomic E-state index is 0. The van der Waals surface area contributed by atoms with Gasteiger partial charge in [0.2, 0.25) is 0 Å². The number of nitrogens with one attached hydrogen (secondary N) is 2. The molecule has 1 aliphatic carbocycles. The molecule has 28 heavy (non-hydrogen) atoms. The van der Waals surface area contributed by atoms with Gasteiger partial charge in [0.05, 0.1) is 0 Å². The van der Waals surface area contributed by atoms with Gasteiger partial charge in [-0.15, -0.1) is 34.2 Å². The van der Waals surface area contributed by atoms with Gasteiger partial charge >= 0.3 is 0 Å². The zero-order valence-electron chi connectivity index (χ0n) is 16.6. The van der Waals surface area contributed by atoms with Crippen LogP contribution in [0.1, 0.15) is 44.0 Å². The van der Waals surface area contributed by atoms with Crippen LogP contribution in [-0.4, -0.2) is 40.9 Å². The van der Waals surface area contributed by atoms with Gasteiger partial charge in [-0.05, 0) is 30.5 Å². The van der Waals surface area contributed by atoms with Crippen molar-refractivity contribution in [2.24, 2.45) is 4.99 Å². The van der Waals surface area contributed by atoms with Crippen molar-refractivity contribution in [2.45, 2.75) is 51.0 Å². The van der Waals surface area contributed by atoms with Gasteiger partial charge in [0.1, 0.15) is 12.2 Å². The van der Waals surface area contributed by atoms with E-state index in [1.165, 1.54) is 31.2 Å². The zero-order valence-corrected chi connectivity index (χ0v) is 20.5. The van der Waals surface area contributed by atoms with E-state index >= 15 is 0 Å². The van der Waals surface area contributed by atoms with Crippen LogP contribution >= 0.6 is 39.9 Å². The number of hydrogen-bond donors (Lipinski definition) is 2. The third-order valence-corrected chi connectivity index (χ3v) is 6.02. The fourth-order valence-corrected chi connectivity index (χ4v) is 4.19. The average molecular weight is 561 g/mol. The van der Waals surface area contributed by atoms with Crippen LogP contribution < -0.4 is 10.6 Å². The van der Waals surface area contributed by atoms with Crippen LogP contribution in [0.25, 0.3) is 0 Å². The topological polar surface area (TPSA) is 67.1 Å². The predicted molar refractivity (Wildman–Crippen MR) is 128 cm³/mol. The first-order valence-electron chi connectivity index (χ1n) is 9.74. The maximum atomic E-state index is 4.40. The number of nitrogens with zero attached hydrogens (tertiary/aromatic N) is 4. The van der Waals surface area contributed by atoms with Crippen molar-refractivity contribution in [1.29, 1.82) is 0 Å². The second-order valence-electron chi connectivity index (χ2n) is 7.14. The summed E-state index contributed by atoms with van der Waals surface area (Å²) in [6, 6.07) is 8.80. The highest BCUT2D eigenvalue weighted by molar-refractivity contribution is 14.0. The molecule has 0 unspecified atom stereocenters. The highest BCUT2D eigenvalue weighted by atomic mass is 127. The largest absolute Gasteiger partial charge is 0.356 e. The van der Waals surface area contributed by atoms with Crippen LogP contribution in [0.15, 0.2) is 40.1 Å². The molecule has 0 spiro atoms. The molecule has 0 amide bonds. The first kappa shape index (κ1) is 23.1. The van der Waals surface area contributed by atoms with Gasteiger partial charge in [-0.1, -0.05) is 47.8 Å². The van der Waals surface area contributed by atoms with Crippen LogP contribution in [0.2, 0.25) is 0 Å². The SMILES string of the molecule is CCc1nncn1CCNC(=NC)NCC1(c2ccc(Br)cc2)CCCC1.I. The summed E-state index contributed by atoms with van der Waals surface area (Å²) < 4.78 is 3.21. The minimum absolute atomic E-state index is 0. The van der Waals surface area contributed by atoms with Crippen molar-refractivity contribution >= 4 is 45.9 Å². The number of halogens is 2. The van der Waals surface area contributed by atoms with Gasteiger partial charge in [0, 0.05) is 43.0 Å². The summed E-state index contributed by atoms with van der Waals surface area (Å²) in [6.07, 6.45) is 7.70. The Hall–Kier alpha value is -1.16. The molecule has 0 saturated heterocycles. The first-order valence-corrected chi connectivity index (χ1v) is 10.5. The van der Waals surface area contributed by atoms with Crippen LogP contribution in [-0.2, 0) is 18.4 Å². The number of hydrogen-bond acceptors (Lipinski definition) is 3. The Morgan fingerprint density at radius 1 is 1.21 bits per heavy atom. The lowest BCUT2D eigenvalue weighted by molar-refractivity contribution is 0.431. The zero-order chi connectivity index (χ0) is 19.1. The van der Waals surface area contributed by atoms with Gasteiger partial charge in [-0.3, -0.25) is 4.99 Å². The van der Waals surface area contributed by atoms with E-state index in [-0.39, 0.29) is 29.4 Å². The van der Waals surface area contributed by atoms with Crippen LogP contribution in [0.5, 0.6) is 0 Å². The van der Waals surface area contributed by atoms with Crippen molar-refractivity contribution in [3.05, 3.63) is 46.5 Å². The van der Waals surface area contributed by atoms with Crippen molar-refractivity contribution in [2.75, 3.05) is 20.1 Å². The standard InChI is InChI=1S/C20H29BrN6.HI/c1-3-18-26-25-15-27(18)13-12-23-19(22-2)24-14-20(10-4-5-11-20)16-6-8-17(21)9-7-16;/h6-9,15H,3-5,10-14H2,1-2H3,(H2,22,23,24);1H. The quantitative estimate of drug-likeness (QED) is 0.306. The molecule has 2 aromatic rings. The lowest BCUT2D eigenvalue weighted by Crippen LogP contribution is -2.45. The molecule has 1 aliphatic rings. The molecule has 8 heteroatoms. The van der Waals surface area contributed by atoms with Crippen molar-refractivity contribution in [3.63, 3.8) is 0 Å². The first-order chi connectivity index (χ1) is 13.2. The predicted octanol–water partition coefficient (Wildman–Crippen LogP) is 3.90. The number of rotatable bonds is 7. The molecule has 0 radical (unpaired) electrons. The Labute approximate surface area is 193 Å². The Bertz CT molecular complexity index is 752. The second kappa shape index (κ2) is 11.1. The molecule has 0 bridgehead atoms. The Kier molecular flexibility index (Phi) is 9.20. The number of aliphatic imine (C=N–C) groups is 1. The molecule has 1 fully saturated rings. The highest BCUT2D eigenvalue weighted by Gasteiger charge is 2.35. The highest BCUT2D eigenvalue weighted by Crippen LogP contribution is 2.40. The van der Waals surface area contributed by atoms with Gasteiger partial charge in [0.25, 0.3) is 0 Å². The molecular formula is C20H30BrIN6. The van der Waals surface area contributed by atoms with E-state index in [9.17, 15) is 0 Å². The van der Waals surface area contributed by atoms with Crippen molar-refractivity contribution < 1.29 is 0 Å². The van der Waals surface area contributed by atoms with E-state index in [2.05, 4.69) is 77.5 Å². The summed E-state index contributed by atoms with van der Waals surface area (Å²) >= 11 is 3.54. The van der Waals surface area contributed by atoms with Crippen LogP contribution in [0.3, 0.4) is 0 Å². The molecular weight excluding hydrogens is 531 g/mol. The summed E-state index contributed by atoms with van der Waals surface area (Å²) in [5.74, 6) is 1.87. The third-order valence-electron chi connectivity index (χ3n) is 5.49. The summed E-state index contributed by atoms with van der Waals surface area (Å²) in [4.78, 5) is 4.40. The summed E-state index contributed by atoms with van der Waals surface area (Å²) in [6.45, 7) is 4.61. The molecule has 0 aliphatic heterocycles. The van der Waals surface area contributed by atoms with Gasteiger partial charge in [-0.2, -0.15) is 0 Å². The monoisotopic (exact) mass is 560 g/mol. The average Bonchev–Trinajstić information content (AvgIpc) is 3.35. The van der Waals surface area contributed by atoms with Gasteiger partial charge in [0.15, 0.2) is 5.96 Å². The van der Waals surface area contributed by atoms with Crippen molar-refractivity contribution in [3.8, 4) is 0 Å². The molecule has 1 saturated carbocycles. The fraction of sp³-hybridized carbons (Fsp3) is 0.550. The lowest BCUT2D eigenvalue weighted by Gasteiger charge is -2.31. The van der Waals surface area contributed by atoms with E-state index in [4.69, 9.17) is 0 Å². The second-order valence-corrected chi connectivity index (χ2v) is 8.06. The minimum Gasteiger partial charge on any atom is -0.356 e. The summed E-state index contributed by atoms with van der Waals surface area (Å²) in [5, 5.41) is 15.1. The number of aromatic nitrogens is 3. The number of aryl methyl sites for hydroxylation is 1. The van der Waals surface area contributed by atoms with Crippen LogP contribution in [0.4, 0.5) is 0 Å². The van der Waals surface area contributed by atoms with E-state index in [1.54, 1.807) is 6.33 Å². The molecule has 3 rings (SSSR count). The summed E-state index contributed by atoms with van der Waals surface area (Å²) in [7, 11) is 1.83. The molecule has 1 aromatic carbocycles. The smallest absolute Gasteiger partial charge is 0.191 e. The van der Waals surface area contributed by atoms with E-state index in [0.717, 1.165) is 42.3 Å². The number of guanidine groups is 1. The molecule has 0 atom stereocenters. The normalized spacial score (nSPS) is 15.9. The lowest BCUT2D eigenvalue weighted by atomic mass is 9.79. The third kappa shape index (κ3) is 5.68.